The molecule has 2 N–H and O–H groups in total. The van der Waals surface area contributed by atoms with E-state index in [2.05, 4.69) is 6.92 Å². The van der Waals surface area contributed by atoms with Crippen LogP contribution in [0.15, 0.2) is 12.2 Å². The summed E-state index contributed by atoms with van der Waals surface area (Å²) < 4.78 is 0. The monoisotopic (exact) mass is 270 g/mol. The van der Waals surface area contributed by atoms with Gasteiger partial charge in [0.2, 0.25) is 0 Å². The Labute approximate surface area is 117 Å². The van der Waals surface area contributed by atoms with E-state index in [9.17, 15) is 9.90 Å². The van der Waals surface area contributed by atoms with Crippen LogP contribution in [0.3, 0.4) is 0 Å². The molecule has 1 atom stereocenters. The molecule has 3 nitrogen and oxygen atoms in total. The van der Waals surface area contributed by atoms with Crippen LogP contribution in [0.4, 0.5) is 0 Å². The number of carboxylic acid groups (broad SMARTS) is 1. The van der Waals surface area contributed by atoms with Gasteiger partial charge in [0.15, 0.2) is 0 Å². The van der Waals surface area contributed by atoms with E-state index in [-0.39, 0.29) is 6.42 Å². The van der Waals surface area contributed by atoms with Crippen molar-refractivity contribution in [2.45, 2.75) is 83.7 Å². The maximum absolute atomic E-state index is 10.3. The highest BCUT2D eigenvalue weighted by Gasteiger charge is 2.02. The summed E-state index contributed by atoms with van der Waals surface area (Å²) in [6.07, 6.45) is 14.9. The first-order valence-electron chi connectivity index (χ1n) is 7.73. The van der Waals surface area contributed by atoms with Crippen molar-refractivity contribution in [3.8, 4) is 0 Å². The molecule has 0 aliphatic carbocycles. The highest BCUT2D eigenvalue weighted by atomic mass is 16.4. The first-order chi connectivity index (χ1) is 9.16. The van der Waals surface area contributed by atoms with Gasteiger partial charge in [0.25, 0.3) is 0 Å². The van der Waals surface area contributed by atoms with Gasteiger partial charge in [0.05, 0.1) is 6.10 Å². The van der Waals surface area contributed by atoms with E-state index in [1.165, 1.54) is 44.9 Å². The van der Waals surface area contributed by atoms with Gasteiger partial charge >= 0.3 is 5.97 Å². The summed E-state index contributed by atoms with van der Waals surface area (Å²) >= 11 is 0. The van der Waals surface area contributed by atoms with Crippen LogP contribution in [0.1, 0.15) is 77.6 Å². The molecule has 0 aliphatic rings. The van der Waals surface area contributed by atoms with E-state index in [0.29, 0.717) is 6.42 Å². The second-order valence-corrected chi connectivity index (χ2v) is 5.19. The molecule has 0 aromatic heterocycles. The Kier molecular flexibility index (Phi) is 13.0. The normalized spacial score (nSPS) is 12.9. The maximum Gasteiger partial charge on any atom is 0.303 e. The van der Waals surface area contributed by atoms with Crippen molar-refractivity contribution in [3.63, 3.8) is 0 Å². The molecule has 0 amide bonds. The summed E-state index contributed by atoms with van der Waals surface area (Å²) in [6, 6.07) is 0. The van der Waals surface area contributed by atoms with E-state index in [1.54, 1.807) is 6.08 Å². The zero-order valence-corrected chi connectivity index (χ0v) is 12.3. The van der Waals surface area contributed by atoms with Gasteiger partial charge in [-0.2, -0.15) is 0 Å². The van der Waals surface area contributed by atoms with Crippen molar-refractivity contribution in [3.05, 3.63) is 12.2 Å². The molecule has 0 aromatic rings. The van der Waals surface area contributed by atoms with Crippen molar-refractivity contribution in [1.29, 1.82) is 0 Å². The molecule has 0 heterocycles. The molecule has 19 heavy (non-hydrogen) atoms. The van der Waals surface area contributed by atoms with Gasteiger partial charge in [-0.25, -0.2) is 0 Å². The highest BCUT2D eigenvalue weighted by Crippen LogP contribution is 2.10. The molecule has 0 fully saturated rings. The average Bonchev–Trinajstić information content (AvgIpc) is 2.38. The Bertz CT molecular complexity index is 236. The Morgan fingerprint density at radius 2 is 1.63 bits per heavy atom. The van der Waals surface area contributed by atoms with Crippen LogP contribution in [-0.4, -0.2) is 22.3 Å². The van der Waals surface area contributed by atoms with Gasteiger partial charge in [-0.15, -0.1) is 0 Å². The highest BCUT2D eigenvalue weighted by molar-refractivity contribution is 5.66. The minimum absolute atomic E-state index is 0.0310. The number of aliphatic hydroxyl groups excluding tert-OH is 1. The third-order valence-corrected chi connectivity index (χ3v) is 3.24. The number of unbranched alkanes of at least 4 members (excludes halogenated alkanes) is 8. The Morgan fingerprint density at radius 1 is 1.05 bits per heavy atom. The predicted molar refractivity (Wildman–Crippen MR) is 79.2 cm³/mol. The van der Waals surface area contributed by atoms with Crippen molar-refractivity contribution < 1.29 is 15.0 Å². The fourth-order valence-electron chi connectivity index (χ4n) is 2.02. The van der Waals surface area contributed by atoms with Crippen LogP contribution in [0.5, 0.6) is 0 Å². The molecule has 0 bridgehead atoms. The van der Waals surface area contributed by atoms with Gasteiger partial charge in [-0.1, -0.05) is 64.0 Å². The molecule has 0 aliphatic heterocycles. The molecule has 112 valence electrons. The van der Waals surface area contributed by atoms with Crippen LogP contribution < -0.4 is 0 Å². The minimum Gasteiger partial charge on any atom is -0.481 e. The molecule has 0 saturated carbocycles. The molecule has 0 aromatic carbocycles. The maximum atomic E-state index is 10.3. The zero-order valence-electron chi connectivity index (χ0n) is 12.3. The summed E-state index contributed by atoms with van der Waals surface area (Å²) in [6.45, 7) is 2.23. The van der Waals surface area contributed by atoms with E-state index >= 15 is 0 Å². The molecule has 0 saturated heterocycles. The quantitative estimate of drug-likeness (QED) is 0.387. The number of carboxylic acids is 1. The summed E-state index contributed by atoms with van der Waals surface area (Å²) in [4.78, 5) is 10.3. The molecular formula is C16H30O3. The second-order valence-electron chi connectivity index (χ2n) is 5.19. The standard InChI is InChI=1S/C16H30O3/c1-2-3-4-5-6-7-8-9-10-11-12-15(17)13-14-16(18)19/h11-12,15,17H,2-10,13-14H2,1H3,(H,18,19). The van der Waals surface area contributed by atoms with Gasteiger partial charge in [0.1, 0.15) is 0 Å². The SMILES string of the molecule is CCCCCCCCCCC=CC(O)CCC(=O)O. The third-order valence-electron chi connectivity index (χ3n) is 3.24. The van der Waals surface area contributed by atoms with E-state index in [4.69, 9.17) is 5.11 Å². The summed E-state index contributed by atoms with van der Waals surface area (Å²) in [5.41, 5.74) is 0. The lowest BCUT2D eigenvalue weighted by molar-refractivity contribution is -0.137. The topological polar surface area (TPSA) is 57.5 Å². The van der Waals surface area contributed by atoms with Crippen LogP contribution >= 0.6 is 0 Å². The third kappa shape index (κ3) is 15.1. The molecular weight excluding hydrogens is 240 g/mol. The second kappa shape index (κ2) is 13.6. The lowest BCUT2D eigenvalue weighted by Crippen LogP contribution is -2.05. The number of aliphatic hydroxyl groups is 1. The predicted octanol–water partition coefficient (Wildman–Crippen LogP) is 4.30. The van der Waals surface area contributed by atoms with E-state index < -0.39 is 12.1 Å². The summed E-state index contributed by atoms with van der Waals surface area (Å²) in [5.74, 6) is -0.851. The first kappa shape index (κ1) is 18.2. The summed E-state index contributed by atoms with van der Waals surface area (Å²) in [5, 5.41) is 17.9. The largest absolute Gasteiger partial charge is 0.481 e. The number of aliphatic carboxylic acids is 1. The average molecular weight is 270 g/mol. The van der Waals surface area contributed by atoms with Gasteiger partial charge in [-0.3, -0.25) is 4.79 Å². The molecule has 0 radical (unpaired) electrons. The Balaban J connectivity index is 3.26. The molecule has 3 heteroatoms. The smallest absolute Gasteiger partial charge is 0.303 e. The minimum atomic E-state index is -0.851. The van der Waals surface area contributed by atoms with Crippen LogP contribution in [0.25, 0.3) is 0 Å². The van der Waals surface area contributed by atoms with Gasteiger partial charge in [-0.05, 0) is 19.3 Å². The number of carbonyl (C=O) groups is 1. The van der Waals surface area contributed by atoms with E-state index in [0.717, 1.165) is 12.8 Å². The fraction of sp³-hybridized carbons (Fsp3) is 0.812. The molecule has 0 rings (SSSR count). The first-order valence-corrected chi connectivity index (χ1v) is 7.73. The van der Waals surface area contributed by atoms with Crippen molar-refractivity contribution in [1.82, 2.24) is 0 Å². The number of rotatable bonds is 13. The number of hydrogen-bond acceptors (Lipinski definition) is 2. The molecule has 0 spiro atoms. The van der Waals surface area contributed by atoms with Gasteiger partial charge < -0.3 is 10.2 Å². The summed E-state index contributed by atoms with van der Waals surface area (Å²) in [7, 11) is 0. The van der Waals surface area contributed by atoms with E-state index in [1.807, 2.05) is 6.08 Å². The zero-order chi connectivity index (χ0) is 14.3. The van der Waals surface area contributed by atoms with Gasteiger partial charge in [0, 0.05) is 6.42 Å². The Hall–Kier alpha value is -0.830. The van der Waals surface area contributed by atoms with Crippen molar-refractivity contribution in [2.75, 3.05) is 0 Å². The van der Waals surface area contributed by atoms with Crippen LogP contribution in [0.2, 0.25) is 0 Å². The lowest BCUT2D eigenvalue weighted by Gasteiger charge is -2.02. The molecule has 1 unspecified atom stereocenters. The number of hydrogen-bond donors (Lipinski definition) is 2. The fourth-order valence-corrected chi connectivity index (χ4v) is 2.02. The van der Waals surface area contributed by atoms with Crippen LogP contribution in [0, 0.1) is 0 Å². The number of allylic oxidation sites excluding steroid dienone is 1. The van der Waals surface area contributed by atoms with Crippen LogP contribution in [-0.2, 0) is 4.79 Å². The van der Waals surface area contributed by atoms with Crippen molar-refractivity contribution >= 4 is 5.97 Å². The lowest BCUT2D eigenvalue weighted by atomic mass is 10.1. The van der Waals surface area contributed by atoms with Crippen molar-refractivity contribution in [2.24, 2.45) is 0 Å². The Morgan fingerprint density at radius 3 is 2.21 bits per heavy atom.